The molecule has 0 unspecified atom stereocenters. The molecule has 1 N–H and O–H groups in total. The maximum absolute atomic E-state index is 13.0. The van der Waals surface area contributed by atoms with Crippen molar-refractivity contribution in [3.05, 3.63) is 90.5 Å². The van der Waals surface area contributed by atoms with Crippen molar-refractivity contribution in [3.8, 4) is 32.4 Å². The van der Waals surface area contributed by atoms with E-state index in [-0.39, 0.29) is 5.91 Å². The van der Waals surface area contributed by atoms with E-state index >= 15 is 0 Å². The standard InChI is InChI=1S/C32H33NO3S2/c1-3-19-35-27-16-15-25(21-28(27)36-20-4-2)29(37)17-18-31(34)33-26-22-30(23-11-7-5-8-12-23)38-32(26)24-13-9-6-10-14-24/h5-16,21-22H,3-4,17-20H2,1-2H3,(H,33,34). The van der Waals surface area contributed by atoms with Crippen molar-refractivity contribution in [2.45, 2.75) is 39.5 Å². The summed E-state index contributed by atoms with van der Waals surface area (Å²) in [7, 11) is 0. The van der Waals surface area contributed by atoms with E-state index in [4.69, 9.17) is 21.7 Å². The predicted octanol–water partition coefficient (Wildman–Crippen LogP) is 8.80. The summed E-state index contributed by atoms with van der Waals surface area (Å²) in [6.07, 6.45) is 2.59. The van der Waals surface area contributed by atoms with Crippen LogP contribution in [0.5, 0.6) is 11.5 Å². The molecule has 0 spiro atoms. The topological polar surface area (TPSA) is 47.6 Å². The zero-order chi connectivity index (χ0) is 26.7. The summed E-state index contributed by atoms with van der Waals surface area (Å²) in [6, 6.07) is 28.2. The Hall–Kier alpha value is -3.48. The number of carbonyl (C=O) groups excluding carboxylic acids is 1. The third kappa shape index (κ3) is 7.30. The fourth-order valence-corrected chi connectivity index (χ4v) is 5.31. The van der Waals surface area contributed by atoms with E-state index in [2.05, 4.69) is 49.5 Å². The molecular weight excluding hydrogens is 510 g/mol. The van der Waals surface area contributed by atoms with Crippen molar-refractivity contribution in [1.82, 2.24) is 0 Å². The number of ether oxygens (including phenoxy) is 2. The third-order valence-electron chi connectivity index (χ3n) is 5.87. The van der Waals surface area contributed by atoms with Gasteiger partial charge >= 0.3 is 0 Å². The van der Waals surface area contributed by atoms with Crippen LogP contribution in [0.25, 0.3) is 20.9 Å². The summed E-state index contributed by atoms with van der Waals surface area (Å²) < 4.78 is 11.7. The van der Waals surface area contributed by atoms with E-state index in [1.165, 1.54) is 0 Å². The van der Waals surface area contributed by atoms with Gasteiger partial charge in [-0.25, -0.2) is 0 Å². The molecule has 0 aliphatic carbocycles. The van der Waals surface area contributed by atoms with Crippen LogP contribution in [0.4, 0.5) is 5.69 Å². The molecule has 0 atom stereocenters. The van der Waals surface area contributed by atoms with Gasteiger partial charge in [0.2, 0.25) is 5.91 Å². The average Bonchev–Trinajstić information content (AvgIpc) is 3.38. The Morgan fingerprint density at radius 1 is 0.789 bits per heavy atom. The summed E-state index contributed by atoms with van der Waals surface area (Å²) in [6.45, 7) is 5.38. The first-order valence-corrected chi connectivity index (χ1v) is 14.3. The van der Waals surface area contributed by atoms with Gasteiger partial charge in [-0.05, 0) is 60.2 Å². The molecule has 0 bridgehead atoms. The molecule has 38 heavy (non-hydrogen) atoms. The molecule has 0 aliphatic rings. The van der Waals surface area contributed by atoms with Crippen LogP contribution in [-0.4, -0.2) is 24.0 Å². The molecule has 196 valence electrons. The normalized spacial score (nSPS) is 10.7. The second-order valence-electron chi connectivity index (χ2n) is 8.92. The smallest absolute Gasteiger partial charge is 0.224 e. The Labute approximate surface area is 234 Å². The summed E-state index contributed by atoms with van der Waals surface area (Å²) in [4.78, 5) is 15.9. The molecule has 0 aliphatic heterocycles. The molecule has 0 fully saturated rings. The van der Waals surface area contributed by atoms with Crippen LogP contribution < -0.4 is 14.8 Å². The SMILES string of the molecule is CCCOc1ccc(C(=S)CCC(=O)Nc2cc(-c3ccccc3)sc2-c2ccccc2)cc1OCCC. The first kappa shape index (κ1) is 27.6. The highest BCUT2D eigenvalue weighted by molar-refractivity contribution is 7.80. The van der Waals surface area contributed by atoms with Gasteiger partial charge in [-0.3, -0.25) is 4.79 Å². The molecule has 1 heterocycles. The number of nitrogens with one attached hydrogen (secondary N) is 1. The van der Waals surface area contributed by atoms with Crippen molar-refractivity contribution in [3.63, 3.8) is 0 Å². The molecule has 4 aromatic rings. The van der Waals surface area contributed by atoms with Gasteiger partial charge < -0.3 is 14.8 Å². The van der Waals surface area contributed by atoms with Crippen LogP contribution in [0.2, 0.25) is 0 Å². The highest BCUT2D eigenvalue weighted by Crippen LogP contribution is 2.41. The summed E-state index contributed by atoms with van der Waals surface area (Å²) in [5.74, 6) is 1.36. The highest BCUT2D eigenvalue weighted by atomic mass is 32.1. The average molecular weight is 544 g/mol. The van der Waals surface area contributed by atoms with Crippen molar-refractivity contribution in [2.24, 2.45) is 0 Å². The second kappa shape index (κ2) is 13.9. The van der Waals surface area contributed by atoms with Crippen LogP contribution >= 0.6 is 23.6 Å². The van der Waals surface area contributed by atoms with Crippen LogP contribution in [-0.2, 0) is 4.79 Å². The molecule has 0 saturated carbocycles. The van der Waals surface area contributed by atoms with E-state index in [0.29, 0.717) is 31.8 Å². The maximum Gasteiger partial charge on any atom is 0.224 e. The van der Waals surface area contributed by atoms with Crippen LogP contribution in [0.1, 0.15) is 45.1 Å². The third-order valence-corrected chi connectivity index (χ3v) is 7.54. The lowest BCUT2D eigenvalue weighted by molar-refractivity contribution is -0.116. The molecular formula is C32H33NO3S2. The Kier molecular flexibility index (Phi) is 10.1. The summed E-state index contributed by atoms with van der Waals surface area (Å²) in [5, 5.41) is 3.14. The van der Waals surface area contributed by atoms with Gasteiger partial charge in [0.15, 0.2) is 11.5 Å². The van der Waals surface area contributed by atoms with E-state index < -0.39 is 0 Å². The Morgan fingerprint density at radius 3 is 2.08 bits per heavy atom. The predicted molar refractivity (Wildman–Crippen MR) is 163 cm³/mol. The van der Waals surface area contributed by atoms with E-state index in [1.807, 2.05) is 54.6 Å². The van der Waals surface area contributed by atoms with Gasteiger partial charge in [-0.2, -0.15) is 0 Å². The van der Waals surface area contributed by atoms with Gasteiger partial charge in [0.25, 0.3) is 0 Å². The number of benzene rings is 3. The van der Waals surface area contributed by atoms with Crippen LogP contribution in [0.3, 0.4) is 0 Å². The molecule has 1 amide bonds. The van der Waals surface area contributed by atoms with E-state index in [1.54, 1.807) is 11.3 Å². The molecule has 4 rings (SSSR count). The largest absolute Gasteiger partial charge is 0.490 e. The van der Waals surface area contributed by atoms with Gasteiger partial charge in [0.1, 0.15) is 0 Å². The first-order chi connectivity index (χ1) is 18.6. The van der Waals surface area contributed by atoms with Crippen LogP contribution in [0, 0.1) is 0 Å². The molecule has 3 aromatic carbocycles. The Morgan fingerprint density at radius 2 is 1.42 bits per heavy atom. The number of thiophene rings is 1. The lowest BCUT2D eigenvalue weighted by atomic mass is 10.1. The van der Waals surface area contributed by atoms with Crippen molar-refractivity contribution < 1.29 is 14.3 Å². The van der Waals surface area contributed by atoms with Gasteiger partial charge in [-0.15, -0.1) is 11.3 Å². The molecule has 4 nitrogen and oxygen atoms in total. The minimum Gasteiger partial charge on any atom is -0.490 e. The monoisotopic (exact) mass is 543 g/mol. The zero-order valence-electron chi connectivity index (χ0n) is 21.9. The number of amides is 1. The number of thiocarbonyl (C=S) groups is 1. The molecule has 0 radical (unpaired) electrons. The lowest BCUT2D eigenvalue weighted by Crippen LogP contribution is -2.13. The number of hydrogen-bond donors (Lipinski definition) is 1. The van der Waals surface area contributed by atoms with E-state index in [0.717, 1.165) is 55.6 Å². The minimum atomic E-state index is -0.0627. The summed E-state index contributed by atoms with van der Waals surface area (Å²) >= 11 is 7.38. The van der Waals surface area contributed by atoms with Crippen LogP contribution in [0.15, 0.2) is 84.9 Å². The lowest BCUT2D eigenvalue weighted by Gasteiger charge is -2.14. The van der Waals surface area contributed by atoms with Gasteiger partial charge in [-0.1, -0.05) is 86.7 Å². The second-order valence-corrected chi connectivity index (χ2v) is 10.5. The molecule has 0 saturated heterocycles. The minimum absolute atomic E-state index is 0.0627. The Bertz CT molecular complexity index is 1350. The fraction of sp³-hybridized carbons (Fsp3) is 0.250. The number of carbonyl (C=O) groups is 1. The van der Waals surface area contributed by atoms with Gasteiger partial charge in [0.05, 0.1) is 23.8 Å². The highest BCUT2D eigenvalue weighted by Gasteiger charge is 2.16. The number of hydrogen-bond acceptors (Lipinski definition) is 5. The number of anilines is 1. The fourth-order valence-electron chi connectivity index (χ4n) is 3.95. The quantitative estimate of drug-likeness (QED) is 0.135. The first-order valence-electron chi connectivity index (χ1n) is 13.1. The summed E-state index contributed by atoms with van der Waals surface area (Å²) in [5.41, 5.74) is 3.91. The molecule has 6 heteroatoms. The maximum atomic E-state index is 13.0. The van der Waals surface area contributed by atoms with Crippen molar-refractivity contribution in [1.29, 1.82) is 0 Å². The van der Waals surface area contributed by atoms with E-state index in [9.17, 15) is 4.79 Å². The van der Waals surface area contributed by atoms with Crippen molar-refractivity contribution in [2.75, 3.05) is 18.5 Å². The molecule has 1 aromatic heterocycles. The number of rotatable bonds is 13. The zero-order valence-corrected chi connectivity index (χ0v) is 23.5. The van der Waals surface area contributed by atoms with Gasteiger partial charge in [0, 0.05) is 16.2 Å². The Balaban J connectivity index is 1.46. The van der Waals surface area contributed by atoms with Crippen molar-refractivity contribution >= 4 is 40.0 Å².